The Bertz CT molecular complexity index is 739. The lowest BCUT2D eigenvalue weighted by Crippen LogP contribution is -1.90. The molecule has 5 nitrogen and oxygen atoms in total. The van der Waals surface area contributed by atoms with Crippen LogP contribution in [0.25, 0.3) is 11.6 Å². The quantitative estimate of drug-likeness (QED) is 0.688. The van der Waals surface area contributed by atoms with Gasteiger partial charge in [-0.1, -0.05) is 0 Å². The molecular formula is C12H10N4OS. The lowest BCUT2D eigenvalue weighted by molar-refractivity contribution is 0.455. The van der Waals surface area contributed by atoms with Gasteiger partial charge in [0.25, 0.3) is 0 Å². The van der Waals surface area contributed by atoms with Gasteiger partial charge >= 0.3 is 0 Å². The number of nitrogens with zero attached hydrogens (tertiary/aromatic N) is 2. The molecule has 1 aliphatic rings. The minimum Gasteiger partial charge on any atom is -0.493 e. The van der Waals surface area contributed by atoms with E-state index in [1.54, 1.807) is 6.20 Å². The molecule has 0 aliphatic carbocycles. The number of hydrogen-bond acceptors (Lipinski definition) is 4. The molecule has 2 aromatic heterocycles. The normalized spacial score (nSPS) is 15.8. The third-order valence-corrected chi connectivity index (χ3v) is 2.97. The summed E-state index contributed by atoms with van der Waals surface area (Å²) in [7, 11) is 0. The molecule has 0 aromatic carbocycles. The van der Waals surface area contributed by atoms with Gasteiger partial charge < -0.3 is 15.1 Å². The Balaban J connectivity index is 2.16. The van der Waals surface area contributed by atoms with Crippen molar-refractivity contribution in [3.8, 4) is 5.88 Å². The van der Waals surface area contributed by atoms with Gasteiger partial charge in [-0.05, 0) is 37.4 Å². The summed E-state index contributed by atoms with van der Waals surface area (Å²) in [6, 6.07) is 3.81. The lowest BCUT2D eigenvalue weighted by atomic mass is 10.0. The molecule has 6 heteroatoms. The molecule has 1 aliphatic heterocycles. The summed E-state index contributed by atoms with van der Waals surface area (Å²) in [4.78, 5) is 14.1. The average Bonchev–Trinajstić information content (AvgIpc) is 2.81. The first-order valence-corrected chi connectivity index (χ1v) is 5.80. The molecule has 3 N–H and O–H groups in total. The highest BCUT2D eigenvalue weighted by Gasteiger charge is 2.18. The van der Waals surface area contributed by atoms with Crippen LogP contribution in [0.1, 0.15) is 18.2 Å². The maximum absolute atomic E-state index is 9.67. The van der Waals surface area contributed by atoms with Gasteiger partial charge in [0.2, 0.25) is 5.88 Å². The predicted octanol–water partition coefficient (Wildman–Crippen LogP) is 2.82. The Kier molecular flexibility index (Phi) is 2.38. The number of fused-ring (bicyclic) bond motifs is 1. The smallest absolute Gasteiger partial charge is 0.215 e. The molecule has 90 valence electrons. The number of allylic oxidation sites excluding steroid dienone is 1. The number of pyridine rings is 1. The van der Waals surface area contributed by atoms with Crippen LogP contribution in [0, 0.1) is 4.77 Å². The van der Waals surface area contributed by atoms with Crippen molar-refractivity contribution in [2.45, 2.75) is 6.92 Å². The Hall–Kier alpha value is -2.21. The van der Waals surface area contributed by atoms with Crippen molar-refractivity contribution in [1.29, 1.82) is 0 Å². The monoisotopic (exact) mass is 258 g/mol. The van der Waals surface area contributed by atoms with Crippen molar-refractivity contribution in [2.24, 2.45) is 4.99 Å². The van der Waals surface area contributed by atoms with E-state index in [1.807, 2.05) is 25.1 Å². The SMILES string of the molecule is CC1=Nc2ncccc2/C1=C/c1[nH]c(=S)[nH]c1O. The number of aromatic amines is 2. The van der Waals surface area contributed by atoms with Gasteiger partial charge in [0, 0.05) is 23.0 Å². The van der Waals surface area contributed by atoms with Crippen LogP contribution in [0.4, 0.5) is 5.82 Å². The van der Waals surface area contributed by atoms with Crippen LogP contribution in [-0.2, 0) is 0 Å². The van der Waals surface area contributed by atoms with Gasteiger partial charge in [-0.15, -0.1) is 0 Å². The minimum absolute atomic E-state index is 0.0256. The van der Waals surface area contributed by atoms with Crippen LogP contribution in [0.5, 0.6) is 5.88 Å². The molecule has 0 amide bonds. The van der Waals surface area contributed by atoms with E-state index in [1.165, 1.54) is 0 Å². The zero-order chi connectivity index (χ0) is 12.7. The van der Waals surface area contributed by atoms with Crippen molar-refractivity contribution in [2.75, 3.05) is 0 Å². The van der Waals surface area contributed by atoms with E-state index < -0.39 is 0 Å². The van der Waals surface area contributed by atoms with Crippen LogP contribution < -0.4 is 0 Å². The second kappa shape index (κ2) is 3.92. The second-order valence-corrected chi connectivity index (χ2v) is 4.38. The summed E-state index contributed by atoms with van der Waals surface area (Å²) in [5.74, 6) is 0.729. The fourth-order valence-electron chi connectivity index (χ4n) is 1.93. The zero-order valence-corrected chi connectivity index (χ0v) is 10.4. The molecule has 0 bridgehead atoms. The molecular weight excluding hydrogens is 248 g/mol. The Morgan fingerprint density at radius 3 is 2.94 bits per heavy atom. The fourth-order valence-corrected chi connectivity index (χ4v) is 2.14. The van der Waals surface area contributed by atoms with Gasteiger partial charge in [-0.25, -0.2) is 9.98 Å². The van der Waals surface area contributed by atoms with E-state index in [-0.39, 0.29) is 5.88 Å². The zero-order valence-electron chi connectivity index (χ0n) is 9.56. The summed E-state index contributed by atoms with van der Waals surface area (Å²) >= 11 is 4.93. The van der Waals surface area contributed by atoms with Crippen molar-refractivity contribution < 1.29 is 5.11 Å². The maximum Gasteiger partial charge on any atom is 0.215 e. The average molecular weight is 258 g/mol. The number of H-pyrrole nitrogens is 2. The van der Waals surface area contributed by atoms with Gasteiger partial charge in [-0.2, -0.15) is 0 Å². The molecule has 0 spiro atoms. The van der Waals surface area contributed by atoms with E-state index in [2.05, 4.69) is 19.9 Å². The number of aromatic nitrogens is 3. The van der Waals surface area contributed by atoms with E-state index in [9.17, 15) is 5.11 Å². The summed E-state index contributed by atoms with van der Waals surface area (Å²) in [5.41, 5.74) is 3.29. The summed E-state index contributed by atoms with van der Waals surface area (Å²) < 4.78 is 0.387. The van der Waals surface area contributed by atoms with E-state index in [4.69, 9.17) is 12.2 Å². The molecule has 0 fully saturated rings. The molecule has 0 unspecified atom stereocenters. The first-order chi connectivity index (χ1) is 8.65. The van der Waals surface area contributed by atoms with Crippen LogP contribution >= 0.6 is 12.2 Å². The molecule has 0 radical (unpaired) electrons. The van der Waals surface area contributed by atoms with E-state index in [0.717, 1.165) is 16.8 Å². The van der Waals surface area contributed by atoms with Gasteiger partial charge in [-0.3, -0.25) is 0 Å². The highest BCUT2D eigenvalue weighted by Crippen LogP contribution is 2.34. The molecule has 18 heavy (non-hydrogen) atoms. The van der Waals surface area contributed by atoms with Crippen molar-refractivity contribution in [3.63, 3.8) is 0 Å². The molecule has 3 heterocycles. The topological polar surface area (TPSA) is 77.1 Å². The van der Waals surface area contributed by atoms with E-state index >= 15 is 0 Å². The summed E-state index contributed by atoms with van der Waals surface area (Å²) in [5, 5.41) is 9.67. The van der Waals surface area contributed by atoms with Crippen molar-refractivity contribution >= 4 is 35.4 Å². The Morgan fingerprint density at radius 2 is 2.22 bits per heavy atom. The van der Waals surface area contributed by atoms with Crippen LogP contribution in [0.2, 0.25) is 0 Å². The lowest BCUT2D eigenvalue weighted by Gasteiger charge is -1.99. The maximum atomic E-state index is 9.67. The minimum atomic E-state index is 0.0256. The van der Waals surface area contributed by atoms with Gasteiger partial charge in [0.1, 0.15) is 5.69 Å². The van der Waals surface area contributed by atoms with Crippen LogP contribution in [0.3, 0.4) is 0 Å². The highest BCUT2D eigenvalue weighted by molar-refractivity contribution is 7.71. The van der Waals surface area contributed by atoms with Crippen molar-refractivity contribution in [3.05, 3.63) is 34.4 Å². The largest absolute Gasteiger partial charge is 0.493 e. The summed E-state index contributed by atoms with van der Waals surface area (Å²) in [6.45, 7) is 1.91. The third-order valence-electron chi connectivity index (χ3n) is 2.76. The number of aromatic hydroxyl groups is 1. The molecule has 3 rings (SSSR count). The number of imidazole rings is 1. The molecule has 2 aromatic rings. The number of nitrogens with one attached hydrogen (secondary N) is 2. The standard InChI is InChI=1S/C12H10N4OS/c1-6-8(5-9-11(17)16-12(18)15-9)7-3-2-4-13-10(7)14-6/h2-5,17H,1H3,(H2,15,16,18)/b8-5+. The first kappa shape index (κ1) is 10.9. The van der Waals surface area contributed by atoms with Crippen molar-refractivity contribution in [1.82, 2.24) is 15.0 Å². The highest BCUT2D eigenvalue weighted by atomic mass is 32.1. The second-order valence-electron chi connectivity index (χ2n) is 3.97. The third kappa shape index (κ3) is 1.67. The van der Waals surface area contributed by atoms with Crippen LogP contribution in [0.15, 0.2) is 23.3 Å². The van der Waals surface area contributed by atoms with Crippen LogP contribution in [-0.4, -0.2) is 25.8 Å². The molecule has 0 saturated heterocycles. The number of rotatable bonds is 1. The van der Waals surface area contributed by atoms with Gasteiger partial charge in [0.05, 0.1) is 0 Å². The summed E-state index contributed by atoms with van der Waals surface area (Å²) in [6.07, 6.45) is 3.52. The number of aliphatic imine (C=N–C) groups is 1. The fraction of sp³-hybridized carbons (Fsp3) is 0.0833. The first-order valence-electron chi connectivity index (χ1n) is 5.39. The Morgan fingerprint density at radius 1 is 1.39 bits per heavy atom. The predicted molar refractivity (Wildman–Crippen MR) is 72.5 cm³/mol. The van der Waals surface area contributed by atoms with Gasteiger partial charge in [0.15, 0.2) is 10.6 Å². The molecule has 0 atom stereocenters. The Labute approximate surface area is 108 Å². The van der Waals surface area contributed by atoms with E-state index in [0.29, 0.717) is 16.3 Å². The molecule has 0 saturated carbocycles. The number of hydrogen-bond donors (Lipinski definition) is 3.